The Kier molecular flexibility index (Phi) is 4.74. The van der Waals surface area contributed by atoms with Crippen LogP contribution in [0.4, 0.5) is 5.69 Å². The quantitative estimate of drug-likeness (QED) is 0.335. The molecule has 0 aliphatic heterocycles. The van der Waals surface area contributed by atoms with Crippen molar-refractivity contribution < 1.29 is 4.79 Å². The highest BCUT2D eigenvalue weighted by Gasteiger charge is 2.14. The Morgan fingerprint density at radius 1 is 0.767 bits per heavy atom. The molecule has 1 amide bonds. The number of hydrogen-bond donors (Lipinski definition) is 2. The Balaban J connectivity index is 1.54. The topological polar surface area (TPSA) is 44.9 Å². The van der Waals surface area contributed by atoms with Crippen LogP contribution in [0, 0.1) is 0 Å². The first kappa shape index (κ1) is 18.5. The Morgan fingerprint density at radius 3 is 2.37 bits per heavy atom. The Morgan fingerprint density at radius 2 is 1.47 bits per heavy atom. The molecule has 30 heavy (non-hydrogen) atoms. The minimum Gasteiger partial charge on any atom is -0.354 e. The van der Waals surface area contributed by atoms with E-state index >= 15 is 0 Å². The van der Waals surface area contributed by atoms with Crippen LogP contribution < -0.4 is 5.32 Å². The molecular formula is C26H19ClN2O. The molecule has 3 nitrogen and oxygen atoms in total. The van der Waals surface area contributed by atoms with E-state index in [2.05, 4.69) is 40.6 Å². The minimum absolute atomic E-state index is 0.0978. The number of carbonyl (C=O) groups is 1. The molecule has 0 bridgehead atoms. The monoisotopic (exact) mass is 410 g/mol. The lowest BCUT2D eigenvalue weighted by Gasteiger charge is -2.13. The molecule has 0 radical (unpaired) electrons. The average Bonchev–Trinajstić information content (AvgIpc) is 3.15. The molecule has 5 aromatic rings. The smallest absolute Gasteiger partial charge is 0.228 e. The summed E-state index contributed by atoms with van der Waals surface area (Å²) in [6, 6.07) is 29.8. The first-order valence-electron chi connectivity index (χ1n) is 9.83. The van der Waals surface area contributed by atoms with Crippen molar-refractivity contribution >= 4 is 45.0 Å². The third-order valence-corrected chi connectivity index (χ3v) is 5.71. The summed E-state index contributed by atoms with van der Waals surface area (Å²) in [6.45, 7) is 0. The number of aromatic nitrogens is 1. The molecule has 1 heterocycles. The van der Waals surface area contributed by atoms with Gasteiger partial charge < -0.3 is 10.3 Å². The van der Waals surface area contributed by atoms with Gasteiger partial charge in [-0.15, -0.1) is 0 Å². The molecule has 1 aromatic heterocycles. The highest BCUT2D eigenvalue weighted by molar-refractivity contribution is 6.31. The van der Waals surface area contributed by atoms with Crippen LogP contribution in [0.25, 0.3) is 32.9 Å². The number of para-hydroxylation sites is 3. The number of anilines is 1. The number of nitrogens with one attached hydrogen (secondary N) is 2. The largest absolute Gasteiger partial charge is 0.354 e. The fourth-order valence-corrected chi connectivity index (χ4v) is 4.14. The summed E-state index contributed by atoms with van der Waals surface area (Å²) in [6.07, 6.45) is 0.227. The number of hydrogen-bond acceptors (Lipinski definition) is 1. The second kappa shape index (κ2) is 7.69. The maximum atomic E-state index is 12.7. The number of aromatic amines is 1. The molecule has 0 aliphatic rings. The summed E-state index contributed by atoms with van der Waals surface area (Å²) in [5, 5.41) is 6.03. The van der Waals surface area contributed by atoms with Gasteiger partial charge in [0.05, 0.1) is 11.9 Å². The van der Waals surface area contributed by atoms with Gasteiger partial charge in [0.15, 0.2) is 0 Å². The molecule has 0 aliphatic carbocycles. The predicted molar refractivity (Wildman–Crippen MR) is 125 cm³/mol. The molecule has 5 rings (SSSR count). The molecule has 4 aromatic carbocycles. The fraction of sp³-hybridized carbons (Fsp3) is 0.0385. The van der Waals surface area contributed by atoms with E-state index in [0.29, 0.717) is 5.02 Å². The van der Waals surface area contributed by atoms with E-state index in [-0.39, 0.29) is 12.3 Å². The number of fused-ring (bicyclic) bond motifs is 3. The zero-order chi connectivity index (χ0) is 20.5. The lowest BCUT2D eigenvalue weighted by Crippen LogP contribution is -2.15. The molecular weight excluding hydrogens is 392 g/mol. The van der Waals surface area contributed by atoms with Gasteiger partial charge >= 0.3 is 0 Å². The van der Waals surface area contributed by atoms with Crippen molar-refractivity contribution in [2.75, 3.05) is 5.32 Å². The summed E-state index contributed by atoms with van der Waals surface area (Å²) in [5.41, 5.74) is 5.78. The van der Waals surface area contributed by atoms with Crippen LogP contribution >= 0.6 is 11.6 Å². The van der Waals surface area contributed by atoms with Crippen molar-refractivity contribution in [1.82, 2.24) is 4.98 Å². The van der Waals surface area contributed by atoms with Gasteiger partial charge in [-0.3, -0.25) is 4.79 Å². The van der Waals surface area contributed by atoms with E-state index in [1.165, 1.54) is 10.8 Å². The number of benzene rings is 4. The molecule has 0 saturated heterocycles. The molecule has 0 unspecified atom stereocenters. The van der Waals surface area contributed by atoms with Crippen molar-refractivity contribution in [3.63, 3.8) is 0 Å². The van der Waals surface area contributed by atoms with Gasteiger partial charge in [-0.1, -0.05) is 84.4 Å². The lowest BCUT2D eigenvalue weighted by molar-refractivity contribution is -0.115. The molecule has 0 fully saturated rings. The zero-order valence-electron chi connectivity index (χ0n) is 16.2. The van der Waals surface area contributed by atoms with Crippen LogP contribution in [0.2, 0.25) is 5.02 Å². The van der Waals surface area contributed by atoms with Crippen molar-refractivity contribution in [1.29, 1.82) is 0 Å². The fourth-order valence-electron chi connectivity index (χ4n) is 3.93. The van der Waals surface area contributed by atoms with E-state index in [1.807, 2.05) is 54.6 Å². The maximum absolute atomic E-state index is 12.7. The summed E-state index contributed by atoms with van der Waals surface area (Å²) >= 11 is 6.22. The number of amides is 1. The van der Waals surface area contributed by atoms with Gasteiger partial charge in [0.1, 0.15) is 0 Å². The van der Waals surface area contributed by atoms with Crippen molar-refractivity contribution in [3.8, 4) is 11.1 Å². The molecule has 2 N–H and O–H groups in total. The first-order valence-corrected chi connectivity index (χ1v) is 10.2. The SMILES string of the molecule is O=C(Cc1ccccc1Cl)Nc1ccccc1-c1cccc2c1[nH]c1ccccc12. The summed E-state index contributed by atoms with van der Waals surface area (Å²) in [7, 11) is 0. The van der Waals surface area contributed by atoms with Gasteiger partial charge in [0.2, 0.25) is 5.91 Å². The van der Waals surface area contributed by atoms with E-state index in [1.54, 1.807) is 6.07 Å². The summed E-state index contributed by atoms with van der Waals surface area (Å²) in [5.74, 6) is -0.0978. The average molecular weight is 411 g/mol. The van der Waals surface area contributed by atoms with Crippen LogP contribution in [0.1, 0.15) is 5.56 Å². The normalized spacial score (nSPS) is 11.1. The number of halogens is 1. The summed E-state index contributed by atoms with van der Waals surface area (Å²) < 4.78 is 0. The van der Waals surface area contributed by atoms with Crippen LogP contribution in [0.5, 0.6) is 0 Å². The maximum Gasteiger partial charge on any atom is 0.228 e. The number of H-pyrrole nitrogens is 1. The zero-order valence-corrected chi connectivity index (χ0v) is 16.9. The first-order chi connectivity index (χ1) is 14.7. The van der Waals surface area contributed by atoms with Crippen molar-refractivity contribution in [2.45, 2.75) is 6.42 Å². The highest BCUT2D eigenvalue weighted by Crippen LogP contribution is 2.36. The third-order valence-electron chi connectivity index (χ3n) is 5.34. The lowest BCUT2D eigenvalue weighted by atomic mass is 10.00. The van der Waals surface area contributed by atoms with Gasteiger partial charge in [0, 0.05) is 38.1 Å². The Labute approximate surface area is 179 Å². The van der Waals surface area contributed by atoms with Gasteiger partial charge in [-0.25, -0.2) is 0 Å². The number of rotatable bonds is 4. The molecule has 0 atom stereocenters. The third kappa shape index (κ3) is 3.34. The van der Waals surface area contributed by atoms with Crippen LogP contribution in [-0.4, -0.2) is 10.9 Å². The Bertz CT molecular complexity index is 1390. The van der Waals surface area contributed by atoms with Crippen molar-refractivity contribution in [2.24, 2.45) is 0 Å². The Hall–Kier alpha value is -3.56. The highest BCUT2D eigenvalue weighted by atomic mass is 35.5. The molecule has 4 heteroatoms. The summed E-state index contributed by atoms with van der Waals surface area (Å²) in [4.78, 5) is 16.3. The molecule has 0 saturated carbocycles. The van der Waals surface area contributed by atoms with E-state index in [0.717, 1.165) is 33.4 Å². The van der Waals surface area contributed by atoms with Crippen molar-refractivity contribution in [3.05, 3.63) is 102 Å². The number of carbonyl (C=O) groups excluding carboxylic acids is 1. The van der Waals surface area contributed by atoms with Crippen LogP contribution in [-0.2, 0) is 11.2 Å². The predicted octanol–water partition coefficient (Wildman–Crippen LogP) is 6.82. The molecule has 0 spiro atoms. The van der Waals surface area contributed by atoms with Crippen LogP contribution in [0.3, 0.4) is 0 Å². The van der Waals surface area contributed by atoms with Crippen LogP contribution in [0.15, 0.2) is 91.0 Å². The van der Waals surface area contributed by atoms with E-state index in [4.69, 9.17) is 11.6 Å². The van der Waals surface area contributed by atoms with Gasteiger partial charge in [-0.05, 0) is 23.8 Å². The second-order valence-electron chi connectivity index (χ2n) is 7.26. The van der Waals surface area contributed by atoms with E-state index in [9.17, 15) is 4.79 Å². The van der Waals surface area contributed by atoms with E-state index < -0.39 is 0 Å². The second-order valence-corrected chi connectivity index (χ2v) is 7.67. The minimum atomic E-state index is -0.0978. The van der Waals surface area contributed by atoms with Gasteiger partial charge in [-0.2, -0.15) is 0 Å². The standard InChI is InChI=1S/C26H19ClN2O/c27-22-13-4-1-8-17(22)16-25(30)28-23-14-5-2-9-18(23)20-11-7-12-21-19-10-3-6-15-24(19)29-26(20)21/h1-15,29H,16H2,(H,28,30). The molecule has 146 valence electrons. The van der Waals surface area contributed by atoms with Gasteiger partial charge in [0.25, 0.3) is 0 Å².